The Morgan fingerprint density at radius 3 is 2.45 bits per heavy atom. The SMILES string of the molecule is CN=C(NCCCCCCCN(C)C)NC1CCN(c2c(F)cccc2F)C1.I. The van der Waals surface area contributed by atoms with Crippen LogP contribution in [0.15, 0.2) is 23.2 Å². The van der Waals surface area contributed by atoms with Gasteiger partial charge in [-0.1, -0.05) is 25.3 Å². The Bertz CT molecular complexity index is 607. The van der Waals surface area contributed by atoms with Gasteiger partial charge in [0.15, 0.2) is 5.96 Å². The minimum atomic E-state index is -0.506. The first-order chi connectivity index (χ1) is 13.5. The highest BCUT2D eigenvalue weighted by Crippen LogP contribution is 2.26. The standard InChI is InChI=1S/C21H35F2N5.HI/c1-24-21(25-13-7-5-4-6-8-14-27(2)3)26-17-12-15-28(16-17)20-18(22)10-9-11-19(20)23;/h9-11,17H,4-8,12-16H2,1-3H3,(H2,24,25,26);1H. The third-order valence-corrected chi connectivity index (χ3v) is 5.08. The van der Waals surface area contributed by atoms with Crippen LogP contribution >= 0.6 is 24.0 Å². The van der Waals surface area contributed by atoms with Gasteiger partial charge in [-0.3, -0.25) is 4.99 Å². The van der Waals surface area contributed by atoms with E-state index in [1.165, 1.54) is 43.9 Å². The molecule has 0 spiro atoms. The van der Waals surface area contributed by atoms with Crippen molar-refractivity contribution in [1.29, 1.82) is 0 Å². The molecule has 1 fully saturated rings. The predicted molar refractivity (Wildman–Crippen MR) is 129 cm³/mol. The lowest BCUT2D eigenvalue weighted by Gasteiger charge is -2.21. The van der Waals surface area contributed by atoms with E-state index in [1.807, 2.05) is 0 Å². The molecule has 1 aromatic rings. The smallest absolute Gasteiger partial charge is 0.191 e. The molecule has 2 N–H and O–H groups in total. The zero-order chi connectivity index (χ0) is 20.4. The van der Waals surface area contributed by atoms with Crippen molar-refractivity contribution in [2.45, 2.75) is 44.6 Å². The van der Waals surface area contributed by atoms with Gasteiger partial charge in [-0.05, 0) is 52.0 Å². The van der Waals surface area contributed by atoms with Crippen LogP contribution in [0.1, 0.15) is 38.5 Å². The summed E-state index contributed by atoms with van der Waals surface area (Å²) in [5, 5.41) is 6.72. The molecule has 0 radical (unpaired) electrons. The van der Waals surface area contributed by atoms with Crippen LogP contribution in [0.25, 0.3) is 0 Å². The summed E-state index contributed by atoms with van der Waals surface area (Å²) >= 11 is 0. The normalized spacial score (nSPS) is 16.8. The van der Waals surface area contributed by atoms with Crippen LogP contribution in [-0.4, -0.2) is 64.2 Å². The van der Waals surface area contributed by atoms with Crippen LogP contribution in [0, 0.1) is 11.6 Å². The van der Waals surface area contributed by atoms with Crippen molar-refractivity contribution >= 4 is 35.6 Å². The summed E-state index contributed by atoms with van der Waals surface area (Å²) in [5.74, 6) is -0.254. The van der Waals surface area contributed by atoms with E-state index in [0.29, 0.717) is 13.1 Å². The molecule has 0 aliphatic carbocycles. The number of guanidine groups is 1. The molecule has 0 aromatic heterocycles. The molecule has 0 bridgehead atoms. The topological polar surface area (TPSA) is 42.9 Å². The van der Waals surface area contributed by atoms with E-state index in [1.54, 1.807) is 11.9 Å². The summed E-state index contributed by atoms with van der Waals surface area (Å²) in [4.78, 5) is 8.26. The predicted octanol–water partition coefficient (Wildman–Crippen LogP) is 3.84. The molecule has 5 nitrogen and oxygen atoms in total. The van der Waals surface area contributed by atoms with E-state index in [-0.39, 0.29) is 35.7 Å². The van der Waals surface area contributed by atoms with E-state index in [4.69, 9.17) is 0 Å². The molecule has 29 heavy (non-hydrogen) atoms. The average molecular weight is 523 g/mol. The van der Waals surface area contributed by atoms with E-state index in [9.17, 15) is 8.78 Å². The monoisotopic (exact) mass is 523 g/mol. The van der Waals surface area contributed by atoms with Crippen molar-refractivity contribution in [3.05, 3.63) is 29.8 Å². The van der Waals surface area contributed by atoms with Crippen LogP contribution in [0.5, 0.6) is 0 Å². The summed E-state index contributed by atoms with van der Waals surface area (Å²) in [7, 11) is 5.97. The highest BCUT2D eigenvalue weighted by Gasteiger charge is 2.27. The molecule has 1 atom stereocenters. The maximum atomic E-state index is 14.0. The van der Waals surface area contributed by atoms with Crippen molar-refractivity contribution in [2.24, 2.45) is 4.99 Å². The Labute approximate surface area is 191 Å². The fourth-order valence-electron chi connectivity index (χ4n) is 3.55. The fourth-order valence-corrected chi connectivity index (χ4v) is 3.55. The maximum Gasteiger partial charge on any atom is 0.191 e. The molecule has 1 unspecified atom stereocenters. The Kier molecular flexibility index (Phi) is 12.4. The maximum absolute atomic E-state index is 14.0. The molecule has 0 saturated carbocycles. The summed E-state index contributed by atoms with van der Waals surface area (Å²) in [6.45, 7) is 3.22. The highest BCUT2D eigenvalue weighted by molar-refractivity contribution is 14.0. The number of aliphatic imine (C=N–C) groups is 1. The molecule has 2 rings (SSSR count). The number of unbranched alkanes of at least 4 members (excludes halogenated alkanes) is 4. The van der Waals surface area contributed by atoms with E-state index in [2.05, 4.69) is 34.6 Å². The third kappa shape index (κ3) is 9.02. The number of rotatable bonds is 10. The van der Waals surface area contributed by atoms with Gasteiger partial charge in [0, 0.05) is 32.7 Å². The first-order valence-electron chi connectivity index (χ1n) is 10.3. The molecule has 0 amide bonds. The zero-order valence-electron chi connectivity index (χ0n) is 17.9. The first kappa shape index (κ1) is 25.9. The Morgan fingerprint density at radius 1 is 1.14 bits per heavy atom. The second kappa shape index (κ2) is 14.0. The van der Waals surface area contributed by atoms with Gasteiger partial charge in [0.05, 0.1) is 0 Å². The van der Waals surface area contributed by atoms with Gasteiger partial charge in [-0.15, -0.1) is 24.0 Å². The van der Waals surface area contributed by atoms with Gasteiger partial charge in [0.25, 0.3) is 0 Å². The number of halogens is 3. The Hall–Kier alpha value is -1.16. The first-order valence-corrected chi connectivity index (χ1v) is 10.3. The number of anilines is 1. The summed E-state index contributed by atoms with van der Waals surface area (Å²) < 4.78 is 27.9. The molecular formula is C21H36F2IN5. The van der Waals surface area contributed by atoms with Crippen molar-refractivity contribution in [1.82, 2.24) is 15.5 Å². The van der Waals surface area contributed by atoms with Crippen LogP contribution in [0.4, 0.5) is 14.5 Å². The van der Waals surface area contributed by atoms with Gasteiger partial charge >= 0.3 is 0 Å². The number of para-hydroxylation sites is 1. The third-order valence-electron chi connectivity index (χ3n) is 5.08. The molecular weight excluding hydrogens is 487 g/mol. The largest absolute Gasteiger partial charge is 0.365 e. The summed E-state index contributed by atoms with van der Waals surface area (Å²) in [6.07, 6.45) is 6.93. The Balaban J connectivity index is 0.00000420. The van der Waals surface area contributed by atoms with Crippen LogP contribution in [0.3, 0.4) is 0 Å². The molecule has 1 aromatic carbocycles. The van der Waals surface area contributed by atoms with Gasteiger partial charge < -0.3 is 20.4 Å². The van der Waals surface area contributed by atoms with Gasteiger partial charge in [0.1, 0.15) is 17.3 Å². The van der Waals surface area contributed by atoms with Gasteiger partial charge in [-0.2, -0.15) is 0 Å². The minimum absolute atomic E-state index is 0. The number of nitrogens with zero attached hydrogens (tertiary/aromatic N) is 3. The molecule has 8 heteroatoms. The van der Waals surface area contributed by atoms with Crippen molar-refractivity contribution in [2.75, 3.05) is 52.2 Å². The number of hydrogen-bond donors (Lipinski definition) is 2. The second-order valence-corrected chi connectivity index (χ2v) is 7.72. The zero-order valence-corrected chi connectivity index (χ0v) is 20.2. The van der Waals surface area contributed by atoms with Crippen molar-refractivity contribution in [3.63, 3.8) is 0 Å². The number of benzene rings is 1. The quantitative estimate of drug-likeness (QED) is 0.212. The van der Waals surface area contributed by atoms with Crippen molar-refractivity contribution in [3.8, 4) is 0 Å². The molecule has 1 saturated heterocycles. The minimum Gasteiger partial charge on any atom is -0.365 e. The molecule has 1 aliphatic rings. The van der Waals surface area contributed by atoms with Crippen LogP contribution in [-0.2, 0) is 0 Å². The number of nitrogens with one attached hydrogen (secondary N) is 2. The Morgan fingerprint density at radius 2 is 1.79 bits per heavy atom. The molecule has 1 aliphatic heterocycles. The number of hydrogen-bond acceptors (Lipinski definition) is 3. The highest BCUT2D eigenvalue weighted by atomic mass is 127. The lowest BCUT2D eigenvalue weighted by molar-refractivity contribution is 0.389. The van der Waals surface area contributed by atoms with Gasteiger partial charge in [0.2, 0.25) is 0 Å². The van der Waals surface area contributed by atoms with E-state index in [0.717, 1.165) is 31.9 Å². The van der Waals surface area contributed by atoms with Crippen LogP contribution < -0.4 is 15.5 Å². The average Bonchev–Trinajstić information content (AvgIpc) is 3.10. The molecule has 1 heterocycles. The molecule has 166 valence electrons. The van der Waals surface area contributed by atoms with Gasteiger partial charge in [-0.25, -0.2) is 8.78 Å². The van der Waals surface area contributed by atoms with E-state index < -0.39 is 11.6 Å². The summed E-state index contributed by atoms with van der Waals surface area (Å²) in [6, 6.07) is 4.13. The lowest BCUT2D eigenvalue weighted by atomic mass is 10.1. The van der Waals surface area contributed by atoms with Crippen LogP contribution in [0.2, 0.25) is 0 Å². The van der Waals surface area contributed by atoms with E-state index >= 15 is 0 Å². The lowest BCUT2D eigenvalue weighted by Crippen LogP contribution is -2.45. The second-order valence-electron chi connectivity index (χ2n) is 7.72. The summed E-state index contributed by atoms with van der Waals surface area (Å²) in [5.41, 5.74) is 0.0732. The fraction of sp³-hybridized carbons (Fsp3) is 0.667. The van der Waals surface area contributed by atoms with Crippen molar-refractivity contribution < 1.29 is 8.78 Å².